The Labute approximate surface area is 177 Å². The standard InChI is InChI=1S/C21H24N6O2S/c1-22-18(28)20-27-26-19(30-20)14-9-24-17-13(2-3-23-17)16(14)25-15-11-4-10-5-12(15)8-21(29,6-10)7-11/h2-3,9-12,15,29H,4-8H2,1H3,(H,22,28)(H2,23,24,25)/t10?,11-,12+,15?,21?. The molecule has 156 valence electrons. The molecule has 4 aliphatic rings. The third-order valence-corrected chi connectivity index (χ3v) is 8.17. The molecule has 8 nitrogen and oxygen atoms in total. The van der Waals surface area contributed by atoms with Crippen LogP contribution in [0.25, 0.3) is 21.6 Å². The normalized spacial score (nSPS) is 31.9. The largest absolute Gasteiger partial charge is 0.390 e. The molecule has 0 aromatic carbocycles. The highest BCUT2D eigenvalue weighted by atomic mass is 32.1. The zero-order valence-corrected chi connectivity index (χ0v) is 17.5. The van der Waals surface area contributed by atoms with Gasteiger partial charge in [0.05, 0.1) is 16.9 Å². The lowest BCUT2D eigenvalue weighted by molar-refractivity contribution is -0.129. The molecule has 0 spiro atoms. The summed E-state index contributed by atoms with van der Waals surface area (Å²) in [5.41, 5.74) is 2.22. The van der Waals surface area contributed by atoms with Gasteiger partial charge in [-0.15, -0.1) is 10.2 Å². The summed E-state index contributed by atoms with van der Waals surface area (Å²) in [6.07, 6.45) is 8.81. The van der Waals surface area contributed by atoms with Crippen LogP contribution in [0.5, 0.6) is 0 Å². The van der Waals surface area contributed by atoms with Crippen LogP contribution in [0.2, 0.25) is 0 Å². The smallest absolute Gasteiger partial charge is 0.282 e. The van der Waals surface area contributed by atoms with E-state index in [0.29, 0.717) is 33.8 Å². The van der Waals surface area contributed by atoms with E-state index in [-0.39, 0.29) is 5.91 Å². The fourth-order valence-corrected chi connectivity index (χ4v) is 7.05. The number of rotatable bonds is 4. The van der Waals surface area contributed by atoms with Gasteiger partial charge < -0.3 is 20.7 Å². The summed E-state index contributed by atoms with van der Waals surface area (Å²) in [5, 5.41) is 27.8. The minimum atomic E-state index is -0.458. The highest BCUT2D eigenvalue weighted by molar-refractivity contribution is 7.16. The first-order valence-corrected chi connectivity index (χ1v) is 11.4. The molecule has 7 rings (SSSR count). The number of aromatic amines is 1. The minimum absolute atomic E-state index is 0.238. The highest BCUT2D eigenvalue weighted by Crippen LogP contribution is 2.56. The summed E-state index contributed by atoms with van der Waals surface area (Å²) in [5.74, 6) is 1.38. The average molecular weight is 425 g/mol. The molecule has 4 saturated carbocycles. The Balaban J connectivity index is 1.40. The average Bonchev–Trinajstić information content (AvgIpc) is 3.38. The molecule has 0 saturated heterocycles. The van der Waals surface area contributed by atoms with Crippen molar-refractivity contribution in [3.05, 3.63) is 23.5 Å². The number of aliphatic hydroxyl groups is 1. The molecule has 9 heteroatoms. The van der Waals surface area contributed by atoms with Crippen LogP contribution < -0.4 is 10.6 Å². The molecule has 4 bridgehead atoms. The first-order valence-electron chi connectivity index (χ1n) is 10.5. The second kappa shape index (κ2) is 6.49. The topological polar surface area (TPSA) is 116 Å². The number of nitrogens with zero attached hydrogens (tertiary/aromatic N) is 3. The van der Waals surface area contributed by atoms with Crippen LogP contribution in [0.3, 0.4) is 0 Å². The Morgan fingerprint density at radius 2 is 2.07 bits per heavy atom. The lowest BCUT2D eigenvalue weighted by Gasteiger charge is -2.58. The predicted molar refractivity (Wildman–Crippen MR) is 114 cm³/mol. The summed E-state index contributed by atoms with van der Waals surface area (Å²) in [4.78, 5) is 19.7. The molecule has 0 radical (unpaired) electrons. The van der Waals surface area contributed by atoms with E-state index in [0.717, 1.165) is 41.5 Å². The Bertz CT molecular complexity index is 1120. The SMILES string of the molecule is CNC(=O)c1nnc(-c2cnc3[nH]ccc3c2NC2[C@@H]3CC4C[C@H]2CC(O)(C4)C3)s1. The van der Waals surface area contributed by atoms with Crippen LogP contribution in [0.1, 0.15) is 41.9 Å². The molecule has 3 aromatic heterocycles. The van der Waals surface area contributed by atoms with Gasteiger partial charge in [-0.1, -0.05) is 11.3 Å². The van der Waals surface area contributed by atoms with Gasteiger partial charge in [0, 0.05) is 30.9 Å². The fourth-order valence-electron chi connectivity index (χ4n) is 6.24. The molecule has 3 heterocycles. The van der Waals surface area contributed by atoms with E-state index in [1.807, 2.05) is 12.3 Å². The third-order valence-electron chi connectivity index (χ3n) is 7.22. The fraction of sp³-hybridized carbons (Fsp3) is 0.524. The zero-order chi connectivity index (χ0) is 20.5. The van der Waals surface area contributed by atoms with Crippen molar-refractivity contribution in [3.63, 3.8) is 0 Å². The lowest BCUT2D eigenvalue weighted by Crippen LogP contribution is -2.59. The molecular weight excluding hydrogens is 400 g/mol. The number of anilines is 1. The van der Waals surface area contributed by atoms with Gasteiger partial charge in [-0.3, -0.25) is 4.79 Å². The molecular formula is C21H24N6O2S. The Morgan fingerprint density at radius 1 is 1.27 bits per heavy atom. The summed E-state index contributed by atoms with van der Waals surface area (Å²) in [7, 11) is 1.59. The number of pyridine rings is 1. The Kier molecular flexibility index (Phi) is 3.95. The molecule has 1 amide bonds. The van der Waals surface area contributed by atoms with E-state index in [1.54, 1.807) is 13.2 Å². The van der Waals surface area contributed by atoms with Crippen molar-refractivity contribution < 1.29 is 9.90 Å². The van der Waals surface area contributed by atoms with Crippen molar-refractivity contribution in [1.29, 1.82) is 0 Å². The molecule has 5 atom stereocenters. The van der Waals surface area contributed by atoms with Crippen molar-refractivity contribution >= 4 is 34.0 Å². The molecule has 3 aromatic rings. The van der Waals surface area contributed by atoms with E-state index in [4.69, 9.17) is 0 Å². The van der Waals surface area contributed by atoms with Crippen LogP contribution >= 0.6 is 11.3 Å². The lowest BCUT2D eigenvalue weighted by atomic mass is 9.52. The Morgan fingerprint density at radius 3 is 2.80 bits per heavy atom. The number of carbonyl (C=O) groups is 1. The van der Waals surface area contributed by atoms with Crippen molar-refractivity contribution in [2.75, 3.05) is 12.4 Å². The maximum atomic E-state index is 12.0. The summed E-state index contributed by atoms with van der Waals surface area (Å²) >= 11 is 1.27. The van der Waals surface area contributed by atoms with E-state index < -0.39 is 5.60 Å². The van der Waals surface area contributed by atoms with Gasteiger partial charge in [-0.2, -0.15) is 0 Å². The predicted octanol–water partition coefficient (Wildman–Crippen LogP) is 2.79. The first-order chi connectivity index (χ1) is 14.5. The van der Waals surface area contributed by atoms with E-state index >= 15 is 0 Å². The van der Waals surface area contributed by atoms with Crippen molar-refractivity contribution in [3.8, 4) is 10.6 Å². The van der Waals surface area contributed by atoms with Crippen LogP contribution in [-0.2, 0) is 0 Å². The van der Waals surface area contributed by atoms with E-state index in [2.05, 4.69) is 30.8 Å². The van der Waals surface area contributed by atoms with Crippen LogP contribution in [0.15, 0.2) is 18.5 Å². The van der Waals surface area contributed by atoms with Gasteiger partial charge >= 0.3 is 0 Å². The number of aromatic nitrogens is 4. The van der Waals surface area contributed by atoms with Gasteiger partial charge in [-0.25, -0.2) is 4.98 Å². The number of H-pyrrole nitrogens is 1. The monoisotopic (exact) mass is 424 g/mol. The zero-order valence-electron chi connectivity index (χ0n) is 16.7. The number of hydrogen-bond donors (Lipinski definition) is 4. The molecule has 4 N–H and O–H groups in total. The number of amides is 1. The summed E-state index contributed by atoms with van der Waals surface area (Å²) in [6.45, 7) is 0. The van der Waals surface area contributed by atoms with E-state index in [9.17, 15) is 9.90 Å². The summed E-state index contributed by atoms with van der Waals surface area (Å²) in [6, 6.07) is 2.35. The van der Waals surface area contributed by atoms with Gasteiger partial charge in [-0.05, 0) is 55.9 Å². The quantitative estimate of drug-likeness (QED) is 0.512. The van der Waals surface area contributed by atoms with Crippen LogP contribution in [0, 0.1) is 17.8 Å². The number of hydrogen-bond acceptors (Lipinski definition) is 7. The van der Waals surface area contributed by atoms with Gasteiger partial charge in [0.2, 0.25) is 5.01 Å². The second-order valence-electron chi connectivity index (χ2n) is 9.14. The van der Waals surface area contributed by atoms with Gasteiger partial charge in [0.15, 0.2) is 5.01 Å². The maximum absolute atomic E-state index is 12.0. The minimum Gasteiger partial charge on any atom is -0.390 e. The maximum Gasteiger partial charge on any atom is 0.282 e. The highest BCUT2D eigenvalue weighted by Gasteiger charge is 2.54. The van der Waals surface area contributed by atoms with Crippen molar-refractivity contribution in [2.24, 2.45) is 17.8 Å². The number of carbonyl (C=O) groups excluding carboxylic acids is 1. The molecule has 4 aliphatic carbocycles. The first kappa shape index (κ1) is 18.3. The molecule has 30 heavy (non-hydrogen) atoms. The second-order valence-corrected chi connectivity index (χ2v) is 10.1. The number of fused-ring (bicyclic) bond motifs is 1. The van der Waals surface area contributed by atoms with Gasteiger partial charge in [0.25, 0.3) is 5.91 Å². The van der Waals surface area contributed by atoms with Crippen LogP contribution in [0.4, 0.5) is 5.69 Å². The molecule has 3 unspecified atom stereocenters. The third kappa shape index (κ3) is 2.75. The molecule has 0 aliphatic heterocycles. The number of nitrogens with one attached hydrogen (secondary N) is 3. The van der Waals surface area contributed by atoms with Crippen molar-refractivity contribution in [2.45, 2.75) is 43.7 Å². The summed E-state index contributed by atoms with van der Waals surface area (Å²) < 4.78 is 0. The van der Waals surface area contributed by atoms with E-state index in [1.165, 1.54) is 24.2 Å². The van der Waals surface area contributed by atoms with Crippen molar-refractivity contribution in [1.82, 2.24) is 25.5 Å². The Hall–Kier alpha value is -2.52. The van der Waals surface area contributed by atoms with Crippen LogP contribution in [-0.4, -0.2) is 49.9 Å². The van der Waals surface area contributed by atoms with Gasteiger partial charge in [0.1, 0.15) is 5.65 Å². The molecule has 4 fully saturated rings.